The first-order chi connectivity index (χ1) is 15.2. The van der Waals surface area contributed by atoms with E-state index in [4.69, 9.17) is 10.2 Å². The molecule has 1 saturated heterocycles. The molecule has 0 aliphatic carbocycles. The van der Waals surface area contributed by atoms with E-state index < -0.39 is 0 Å². The van der Waals surface area contributed by atoms with Gasteiger partial charge < -0.3 is 15.4 Å². The lowest BCUT2D eigenvalue weighted by Crippen LogP contribution is -2.16. The summed E-state index contributed by atoms with van der Waals surface area (Å²) in [4.78, 5) is 7.12. The van der Waals surface area contributed by atoms with Crippen molar-refractivity contribution in [1.82, 2.24) is 19.5 Å². The van der Waals surface area contributed by atoms with E-state index >= 15 is 0 Å². The van der Waals surface area contributed by atoms with Gasteiger partial charge in [0.15, 0.2) is 5.65 Å². The zero-order valence-corrected chi connectivity index (χ0v) is 19.0. The number of aromatic nitrogens is 3. The number of nitrogens with zero attached hydrogens (tertiary/aromatic N) is 5. The topological polar surface area (TPSA) is 78.0 Å². The molecule has 3 aromatic rings. The predicted octanol–water partition coefficient (Wildman–Crippen LogP) is 4.96. The molecule has 1 fully saturated rings. The first-order valence-corrected chi connectivity index (χ1v) is 11.1. The van der Waals surface area contributed by atoms with Gasteiger partial charge in [-0.2, -0.15) is 9.61 Å². The molecule has 3 heterocycles. The number of hydrogen-bond donors (Lipinski definition) is 2. The average Bonchev–Trinajstić information content (AvgIpc) is 3.46. The van der Waals surface area contributed by atoms with Gasteiger partial charge in [-0.1, -0.05) is 41.6 Å². The highest BCUT2D eigenvalue weighted by Gasteiger charge is 2.12. The van der Waals surface area contributed by atoms with Crippen molar-refractivity contribution in [2.75, 3.05) is 25.0 Å². The van der Waals surface area contributed by atoms with Crippen molar-refractivity contribution in [2.24, 2.45) is 5.16 Å². The van der Waals surface area contributed by atoms with Crippen LogP contribution in [0.3, 0.4) is 0 Å². The highest BCUT2D eigenvalue weighted by Crippen LogP contribution is 2.26. The molecule has 7 nitrogen and oxygen atoms in total. The Balaban J connectivity index is 1.60. The fourth-order valence-corrected chi connectivity index (χ4v) is 3.98. The summed E-state index contributed by atoms with van der Waals surface area (Å²) in [6.45, 7) is 4.79. The van der Waals surface area contributed by atoms with Crippen molar-refractivity contribution in [2.45, 2.75) is 19.8 Å². The summed E-state index contributed by atoms with van der Waals surface area (Å²) in [5.41, 5.74) is 4.67. The zero-order chi connectivity index (χ0) is 21.6. The Hall–Kier alpha value is -3.13. The van der Waals surface area contributed by atoms with Gasteiger partial charge in [0.05, 0.1) is 22.6 Å². The molecule has 1 aliphatic heterocycles. The predicted molar refractivity (Wildman–Crippen MR) is 128 cm³/mol. The van der Waals surface area contributed by atoms with E-state index in [0.717, 1.165) is 45.9 Å². The normalized spacial score (nSPS) is 15.4. The van der Waals surface area contributed by atoms with Crippen LogP contribution < -0.4 is 5.32 Å². The maximum absolute atomic E-state index is 9.11. The molecule has 1 aliphatic rings. The van der Waals surface area contributed by atoms with Gasteiger partial charge in [-0.25, -0.2) is 4.98 Å². The quantitative estimate of drug-likeness (QED) is 0.216. The van der Waals surface area contributed by atoms with E-state index in [0.29, 0.717) is 6.54 Å². The van der Waals surface area contributed by atoms with Crippen LogP contribution in [0.1, 0.15) is 19.8 Å². The monoisotopic (exact) mass is 480 g/mol. The van der Waals surface area contributed by atoms with Gasteiger partial charge in [0.1, 0.15) is 5.82 Å². The number of benzene rings is 1. The molecule has 0 unspecified atom stereocenters. The van der Waals surface area contributed by atoms with Crippen LogP contribution in [0.2, 0.25) is 0 Å². The fraction of sp³-hybridized carbons (Fsp3) is 0.261. The van der Waals surface area contributed by atoms with Crippen molar-refractivity contribution >= 4 is 33.6 Å². The van der Waals surface area contributed by atoms with Crippen LogP contribution in [-0.2, 0) is 0 Å². The maximum Gasteiger partial charge on any atom is 0.172 e. The summed E-state index contributed by atoms with van der Waals surface area (Å²) in [7, 11) is 0. The Bertz CT molecular complexity index is 1130. The lowest BCUT2D eigenvalue weighted by molar-refractivity contribution is 0.321. The second kappa shape index (κ2) is 9.78. The lowest BCUT2D eigenvalue weighted by atomic mass is 10.1. The molecule has 4 rings (SSSR count). The Morgan fingerprint density at radius 3 is 2.74 bits per heavy atom. The van der Waals surface area contributed by atoms with E-state index in [-0.39, 0.29) is 0 Å². The number of hydrogen-bond acceptors (Lipinski definition) is 6. The summed E-state index contributed by atoms with van der Waals surface area (Å²) in [5.74, 6) is 0.798. The van der Waals surface area contributed by atoms with Crippen LogP contribution in [0.25, 0.3) is 16.9 Å². The van der Waals surface area contributed by atoms with Gasteiger partial charge in [-0.15, -0.1) is 0 Å². The number of anilines is 1. The standard InChI is InChI=1S/C23H25BrN6O/c1-17(29-11-5-6-12-29)9-10-18(15-27-31)14-25-22-13-21(19-7-3-2-4-8-19)28-23-20(24)16-26-30(22)23/h2-4,7-10,13,15-16,25,31H,5-6,11-12,14H2,1H3/b17-9+,18-10-,27-15+. The molecule has 8 heteroatoms. The number of likely N-dealkylation sites (tertiary alicyclic amines) is 1. The van der Waals surface area contributed by atoms with Crippen LogP contribution in [0.5, 0.6) is 0 Å². The molecular weight excluding hydrogens is 456 g/mol. The summed E-state index contributed by atoms with van der Waals surface area (Å²) < 4.78 is 2.58. The number of nitrogens with one attached hydrogen (secondary N) is 1. The minimum atomic E-state index is 0.471. The van der Waals surface area contributed by atoms with E-state index in [1.807, 2.05) is 42.5 Å². The zero-order valence-electron chi connectivity index (χ0n) is 17.4. The molecule has 160 valence electrons. The number of oxime groups is 1. The van der Waals surface area contributed by atoms with E-state index in [1.165, 1.54) is 24.8 Å². The minimum Gasteiger partial charge on any atom is -0.411 e. The molecule has 2 N–H and O–H groups in total. The summed E-state index contributed by atoms with van der Waals surface area (Å²) >= 11 is 3.53. The molecule has 0 atom stereocenters. The third kappa shape index (κ3) is 4.96. The molecule has 0 radical (unpaired) electrons. The molecular formula is C23H25BrN6O. The van der Waals surface area contributed by atoms with Crippen LogP contribution in [-0.4, -0.2) is 50.6 Å². The summed E-state index contributed by atoms with van der Waals surface area (Å²) in [6, 6.07) is 12.0. The van der Waals surface area contributed by atoms with Crippen LogP contribution >= 0.6 is 15.9 Å². The minimum absolute atomic E-state index is 0.471. The molecule has 0 spiro atoms. The highest BCUT2D eigenvalue weighted by molar-refractivity contribution is 9.10. The average molecular weight is 481 g/mol. The Morgan fingerprint density at radius 1 is 1.23 bits per heavy atom. The molecule has 0 bridgehead atoms. The Labute approximate surface area is 189 Å². The maximum atomic E-state index is 9.11. The third-order valence-corrected chi connectivity index (χ3v) is 5.90. The van der Waals surface area contributed by atoms with Gasteiger partial charge >= 0.3 is 0 Å². The molecule has 0 amide bonds. The van der Waals surface area contributed by atoms with Gasteiger partial charge in [0.25, 0.3) is 0 Å². The largest absolute Gasteiger partial charge is 0.411 e. The summed E-state index contributed by atoms with van der Waals surface area (Å²) in [6.07, 6.45) is 9.72. The van der Waals surface area contributed by atoms with Gasteiger partial charge in [-0.05, 0) is 47.3 Å². The Morgan fingerprint density at radius 2 is 2.00 bits per heavy atom. The summed E-state index contributed by atoms with van der Waals surface area (Å²) in [5, 5.41) is 20.2. The van der Waals surface area contributed by atoms with Crippen LogP contribution in [0.4, 0.5) is 5.82 Å². The Kier molecular flexibility index (Phi) is 6.66. The van der Waals surface area contributed by atoms with Crippen molar-refractivity contribution in [3.8, 4) is 11.3 Å². The van der Waals surface area contributed by atoms with E-state index in [2.05, 4.69) is 49.4 Å². The number of fused-ring (bicyclic) bond motifs is 1. The molecule has 0 saturated carbocycles. The number of rotatable bonds is 7. The molecule has 31 heavy (non-hydrogen) atoms. The fourth-order valence-electron chi connectivity index (χ4n) is 3.64. The first-order valence-electron chi connectivity index (χ1n) is 10.3. The van der Waals surface area contributed by atoms with E-state index in [9.17, 15) is 0 Å². The van der Waals surface area contributed by atoms with E-state index in [1.54, 1.807) is 10.7 Å². The smallest absolute Gasteiger partial charge is 0.172 e. The number of allylic oxidation sites excluding steroid dienone is 3. The molecule has 2 aromatic heterocycles. The van der Waals surface area contributed by atoms with Crippen LogP contribution in [0, 0.1) is 0 Å². The van der Waals surface area contributed by atoms with Crippen molar-refractivity contribution in [1.29, 1.82) is 0 Å². The van der Waals surface area contributed by atoms with Gasteiger partial charge in [0.2, 0.25) is 0 Å². The second-order valence-corrected chi connectivity index (χ2v) is 8.32. The van der Waals surface area contributed by atoms with Gasteiger partial charge in [0, 0.05) is 37.0 Å². The van der Waals surface area contributed by atoms with Crippen LogP contribution in [0.15, 0.2) is 75.6 Å². The lowest BCUT2D eigenvalue weighted by Gasteiger charge is -2.17. The number of halogens is 1. The first kappa shape index (κ1) is 21.1. The highest BCUT2D eigenvalue weighted by atomic mass is 79.9. The van der Waals surface area contributed by atoms with Crippen molar-refractivity contribution < 1.29 is 5.21 Å². The van der Waals surface area contributed by atoms with Gasteiger partial charge in [-0.3, -0.25) is 0 Å². The second-order valence-electron chi connectivity index (χ2n) is 7.46. The van der Waals surface area contributed by atoms with Crippen molar-refractivity contribution in [3.63, 3.8) is 0 Å². The SMILES string of the molecule is C\C(=C/C=C(\C=N\O)CNc1cc(-c2ccccc2)nc2c(Br)cnn12)N1CCCC1. The van der Waals surface area contributed by atoms with Crippen molar-refractivity contribution in [3.05, 3.63) is 70.5 Å². The molecule has 1 aromatic carbocycles. The third-order valence-electron chi connectivity index (χ3n) is 5.34.